The molecule has 2 unspecified atom stereocenters. The summed E-state index contributed by atoms with van der Waals surface area (Å²) in [5, 5.41) is 37.2. The van der Waals surface area contributed by atoms with Crippen LogP contribution in [0.25, 0.3) is 0 Å². The predicted octanol–water partition coefficient (Wildman–Crippen LogP) is 1.05. The average Bonchev–Trinajstić information content (AvgIpc) is 2.21. The van der Waals surface area contributed by atoms with Crippen molar-refractivity contribution >= 4 is 14.2 Å². The van der Waals surface area contributed by atoms with E-state index in [1.54, 1.807) is 0 Å². The lowest BCUT2D eigenvalue weighted by Crippen LogP contribution is -2.33. The van der Waals surface area contributed by atoms with Crippen molar-refractivity contribution in [3.05, 3.63) is 0 Å². The predicted molar refractivity (Wildman–Crippen MR) is 66.9 cm³/mol. The molecule has 2 atom stereocenters. The summed E-state index contributed by atoms with van der Waals surface area (Å²) in [6, 6.07) is 0. The van der Waals surface area contributed by atoms with Crippen molar-refractivity contribution in [1.82, 2.24) is 0 Å². The van der Waals surface area contributed by atoms with Crippen molar-refractivity contribution in [2.75, 3.05) is 0 Å². The molecule has 0 aromatic rings. The van der Waals surface area contributed by atoms with Gasteiger partial charge < -0.3 is 20.1 Å². The van der Waals surface area contributed by atoms with Crippen molar-refractivity contribution in [1.29, 1.82) is 0 Å². The van der Waals surface area contributed by atoms with Crippen LogP contribution in [0.2, 0.25) is 11.6 Å². The Labute approximate surface area is 99.0 Å². The minimum absolute atomic E-state index is 0.438. The monoisotopic (exact) mass is 230 g/mol. The van der Waals surface area contributed by atoms with Crippen LogP contribution >= 0.6 is 0 Å². The first kappa shape index (κ1) is 16.0. The minimum atomic E-state index is -1.46. The third-order valence-electron chi connectivity index (χ3n) is 3.10. The molecule has 4 N–H and O–H groups in total. The lowest BCUT2D eigenvalue weighted by molar-refractivity contribution is 0.328. The van der Waals surface area contributed by atoms with Crippen LogP contribution in [0.4, 0.5) is 0 Å². The first-order valence-corrected chi connectivity index (χ1v) is 6.26. The van der Waals surface area contributed by atoms with Crippen LogP contribution in [0.5, 0.6) is 0 Å². The van der Waals surface area contributed by atoms with Gasteiger partial charge in [-0.3, -0.25) is 0 Å². The van der Waals surface area contributed by atoms with Crippen LogP contribution in [0, 0.1) is 0 Å². The second-order valence-corrected chi connectivity index (χ2v) is 4.44. The maximum Gasteiger partial charge on any atom is 0.454 e. The van der Waals surface area contributed by atoms with Gasteiger partial charge in [0.15, 0.2) is 0 Å². The molecule has 0 amide bonds. The summed E-state index contributed by atoms with van der Waals surface area (Å²) in [6.07, 6.45) is 4.92. The van der Waals surface area contributed by atoms with Gasteiger partial charge in [-0.05, 0) is 11.6 Å². The molecule has 0 fully saturated rings. The van der Waals surface area contributed by atoms with Crippen molar-refractivity contribution in [3.63, 3.8) is 0 Å². The first-order valence-electron chi connectivity index (χ1n) is 6.26. The Hall–Kier alpha value is -0.0301. The maximum absolute atomic E-state index is 9.29. The van der Waals surface area contributed by atoms with E-state index < -0.39 is 25.9 Å². The highest BCUT2D eigenvalue weighted by Gasteiger charge is 2.37. The molecule has 0 aromatic heterocycles. The number of hydrogen-bond donors (Lipinski definition) is 4. The summed E-state index contributed by atoms with van der Waals surface area (Å²) >= 11 is 0. The molecule has 0 radical (unpaired) electrons. The van der Waals surface area contributed by atoms with Gasteiger partial charge in [-0.1, -0.05) is 52.4 Å². The van der Waals surface area contributed by atoms with Crippen LogP contribution in [0.1, 0.15) is 52.4 Å². The lowest BCUT2D eigenvalue weighted by Gasteiger charge is -2.25. The smallest absolute Gasteiger partial charge is 0.427 e. The highest BCUT2D eigenvalue weighted by atomic mass is 16.4. The van der Waals surface area contributed by atoms with E-state index in [2.05, 4.69) is 0 Å². The van der Waals surface area contributed by atoms with E-state index in [1.165, 1.54) is 0 Å². The molecular formula is C10H24B2O4. The highest BCUT2D eigenvalue weighted by molar-refractivity contribution is 6.50. The number of rotatable bonds is 9. The third-order valence-corrected chi connectivity index (χ3v) is 3.10. The van der Waals surface area contributed by atoms with E-state index in [0.29, 0.717) is 12.8 Å². The molecule has 6 heteroatoms. The quantitative estimate of drug-likeness (QED) is 0.446. The molecule has 16 heavy (non-hydrogen) atoms. The van der Waals surface area contributed by atoms with E-state index in [1.807, 2.05) is 13.8 Å². The molecule has 0 aliphatic carbocycles. The normalized spacial score (nSPS) is 14.6. The minimum Gasteiger partial charge on any atom is -0.427 e. The van der Waals surface area contributed by atoms with E-state index in [0.717, 1.165) is 25.7 Å². The zero-order valence-electron chi connectivity index (χ0n) is 10.3. The number of hydrogen-bond acceptors (Lipinski definition) is 4. The second-order valence-electron chi connectivity index (χ2n) is 4.44. The fourth-order valence-corrected chi connectivity index (χ4v) is 2.05. The molecule has 0 spiro atoms. The molecular weight excluding hydrogens is 206 g/mol. The van der Waals surface area contributed by atoms with Gasteiger partial charge in [0.1, 0.15) is 0 Å². The summed E-state index contributed by atoms with van der Waals surface area (Å²) < 4.78 is 0. The van der Waals surface area contributed by atoms with Crippen LogP contribution in [-0.4, -0.2) is 34.3 Å². The van der Waals surface area contributed by atoms with Gasteiger partial charge in [-0.15, -0.1) is 0 Å². The standard InChI is InChI=1S/C10H24B2O4/c1-3-5-7-9(11(13)14)10(12(15)16)8-6-4-2/h9-10,13-16H,3-8H2,1-2H3. The Balaban J connectivity index is 4.39. The van der Waals surface area contributed by atoms with Gasteiger partial charge in [0, 0.05) is 0 Å². The van der Waals surface area contributed by atoms with E-state index in [9.17, 15) is 20.1 Å². The van der Waals surface area contributed by atoms with Crippen molar-refractivity contribution in [2.45, 2.75) is 64.0 Å². The van der Waals surface area contributed by atoms with Gasteiger partial charge in [-0.25, -0.2) is 0 Å². The Bertz CT molecular complexity index is 149. The van der Waals surface area contributed by atoms with Crippen molar-refractivity contribution < 1.29 is 20.1 Å². The SMILES string of the molecule is CCCCC(B(O)O)C(CCCC)B(O)O. The van der Waals surface area contributed by atoms with Gasteiger partial charge in [0.25, 0.3) is 0 Å². The zero-order chi connectivity index (χ0) is 12.6. The first-order chi connectivity index (χ1) is 7.54. The molecule has 0 heterocycles. The van der Waals surface area contributed by atoms with E-state index in [4.69, 9.17) is 0 Å². The summed E-state index contributed by atoms with van der Waals surface area (Å²) in [6.45, 7) is 4.05. The number of unbranched alkanes of at least 4 members (excludes halogenated alkanes) is 2. The maximum atomic E-state index is 9.29. The Morgan fingerprint density at radius 1 is 0.750 bits per heavy atom. The van der Waals surface area contributed by atoms with Gasteiger partial charge in [0.2, 0.25) is 0 Å². The summed E-state index contributed by atoms with van der Waals surface area (Å²) in [7, 11) is -2.93. The second kappa shape index (κ2) is 9.05. The molecule has 0 aliphatic rings. The van der Waals surface area contributed by atoms with Crippen molar-refractivity contribution in [2.24, 2.45) is 0 Å². The molecule has 0 saturated heterocycles. The van der Waals surface area contributed by atoms with Crippen LogP contribution < -0.4 is 0 Å². The fraction of sp³-hybridized carbons (Fsp3) is 1.00. The average molecular weight is 230 g/mol. The van der Waals surface area contributed by atoms with Crippen LogP contribution in [0.15, 0.2) is 0 Å². The Morgan fingerprint density at radius 3 is 1.25 bits per heavy atom. The van der Waals surface area contributed by atoms with Crippen LogP contribution in [-0.2, 0) is 0 Å². The van der Waals surface area contributed by atoms with E-state index in [-0.39, 0.29) is 0 Å². The highest BCUT2D eigenvalue weighted by Crippen LogP contribution is 2.36. The molecule has 0 saturated carbocycles. The van der Waals surface area contributed by atoms with Gasteiger partial charge in [0.05, 0.1) is 0 Å². The Kier molecular flexibility index (Phi) is 9.03. The van der Waals surface area contributed by atoms with E-state index >= 15 is 0 Å². The zero-order valence-corrected chi connectivity index (χ0v) is 10.3. The molecule has 94 valence electrons. The molecule has 0 bridgehead atoms. The fourth-order valence-electron chi connectivity index (χ4n) is 2.05. The molecule has 0 aliphatic heterocycles. The summed E-state index contributed by atoms with van der Waals surface area (Å²) in [5.74, 6) is -0.877. The summed E-state index contributed by atoms with van der Waals surface area (Å²) in [4.78, 5) is 0. The topological polar surface area (TPSA) is 80.9 Å². The van der Waals surface area contributed by atoms with Crippen LogP contribution in [0.3, 0.4) is 0 Å². The molecule has 0 aromatic carbocycles. The summed E-state index contributed by atoms with van der Waals surface area (Å²) in [5.41, 5.74) is 0. The third kappa shape index (κ3) is 5.89. The van der Waals surface area contributed by atoms with Gasteiger partial charge in [-0.2, -0.15) is 0 Å². The largest absolute Gasteiger partial charge is 0.454 e. The Morgan fingerprint density at radius 2 is 1.06 bits per heavy atom. The van der Waals surface area contributed by atoms with Gasteiger partial charge >= 0.3 is 14.2 Å². The molecule has 4 nitrogen and oxygen atoms in total. The lowest BCUT2D eigenvalue weighted by atomic mass is 9.51. The van der Waals surface area contributed by atoms with Crippen molar-refractivity contribution in [3.8, 4) is 0 Å². The molecule has 0 rings (SSSR count).